The van der Waals surface area contributed by atoms with E-state index in [4.69, 9.17) is 11.6 Å². The van der Waals surface area contributed by atoms with E-state index in [1.807, 2.05) is 62.3 Å². The fourth-order valence-corrected chi connectivity index (χ4v) is 3.76. The van der Waals surface area contributed by atoms with E-state index >= 15 is 0 Å². The van der Waals surface area contributed by atoms with Crippen LogP contribution in [-0.2, 0) is 16.0 Å². The number of benzene rings is 2. The van der Waals surface area contributed by atoms with E-state index in [-0.39, 0.29) is 17.7 Å². The number of hydrogen-bond acceptors (Lipinski definition) is 3. The molecule has 1 atom stereocenters. The number of rotatable bonds is 6. The van der Waals surface area contributed by atoms with Gasteiger partial charge in [-0.2, -0.15) is 0 Å². The van der Waals surface area contributed by atoms with Gasteiger partial charge in [0.05, 0.1) is 5.92 Å². The van der Waals surface area contributed by atoms with E-state index in [0.717, 1.165) is 40.2 Å². The predicted octanol–water partition coefficient (Wildman–Crippen LogP) is 4.21. The molecule has 0 aromatic heterocycles. The molecule has 28 heavy (non-hydrogen) atoms. The van der Waals surface area contributed by atoms with Crippen LogP contribution in [0.2, 0.25) is 5.02 Å². The van der Waals surface area contributed by atoms with Gasteiger partial charge in [0.2, 0.25) is 11.8 Å². The van der Waals surface area contributed by atoms with Crippen LogP contribution < -0.4 is 10.6 Å². The molecule has 0 heterocycles. The van der Waals surface area contributed by atoms with Crippen LogP contribution in [0.3, 0.4) is 0 Å². The van der Waals surface area contributed by atoms with E-state index in [2.05, 4.69) is 10.6 Å². The lowest BCUT2D eigenvalue weighted by atomic mass is 10.0. The highest BCUT2D eigenvalue weighted by molar-refractivity contribution is 6.31. The van der Waals surface area contributed by atoms with Gasteiger partial charge in [-0.05, 0) is 68.8 Å². The predicted molar refractivity (Wildman–Crippen MR) is 114 cm³/mol. The number of anilines is 2. The minimum atomic E-state index is -0.201. The minimum absolute atomic E-state index is 0.0420. The molecule has 5 nitrogen and oxygen atoms in total. The molecule has 6 heteroatoms. The zero-order chi connectivity index (χ0) is 20.3. The number of halogens is 1. The fraction of sp³-hybridized carbons (Fsp3) is 0.364. The van der Waals surface area contributed by atoms with Gasteiger partial charge in [-0.1, -0.05) is 29.8 Å². The second-order valence-electron chi connectivity index (χ2n) is 7.52. The van der Waals surface area contributed by atoms with Gasteiger partial charge in [0.1, 0.15) is 0 Å². The van der Waals surface area contributed by atoms with Gasteiger partial charge in [-0.25, -0.2) is 0 Å². The number of nitrogens with one attached hydrogen (secondary N) is 2. The lowest BCUT2D eigenvalue weighted by molar-refractivity contribution is -0.117. The van der Waals surface area contributed by atoms with E-state index < -0.39 is 0 Å². The number of aryl methyl sites for hydroxylation is 1. The first kappa shape index (κ1) is 20.4. The third-order valence-corrected chi connectivity index (χ3v) is 5.45. The van der Waals surface area contributed by atoms with Crippen molar-refractivity contribution < 1.29 is 9.59 Å². The third kappa shape index (κ3) is 4.72. The van der Waals surface area contributed by atoms with Gasteiger partial charge in [0.15, 0.2) is 0 Å². The summed E-state index contributed by atoms with van der Waals surface area (Å²) in [5, 5.41) is 6.66. The molecular formula is C22H26ClN3O2. The molecular weight excluding hydrogens is 374 g/mol. The number of hydrogen-bond donors (Lipinski definition) is 2. The number of carbonyl (C=O) groups excluding carboxylic acids is 2. The maximum atomic E-state index is 12.8. The standard InChI is InChI=1S/C22H26ClN3O2/c1-14-7-8-15(13-20(14)25-21(27)11-12-26(2)3)24-22(28)18-10-9-17-16(18)5-4-6-19(17)23/h4-8,13,18H,9-12H2,1-3H3,(H,24,28)(H,25,27). The number of fused-ring (bicyclic) bond motifs is 1. The van der Waals surface area contributed by atoms with Crippen LogP contribution >= 0.6 is 11.6 Å². The van der Waals surface area contributed by atoms with Crippen LogP contribution in [0.15, 0.2) is 36.4 Å². The van der Waals surface area contributed by atoms with Crippen molar-refractivity contribution >= 4 is 34.8 Å². The molecule has 0 fully saturated rings. The number of amides is 2. The van der Waals surface area contributed by atoms with Crippen molar-refractivity contribution in [2.75, 3.05) is 31.3 Å². The van der Waals surface area contributed by atoms with Crippen LogP contribution in [-0.4, -0.2) is 37.4 Å². The van der Waals surface area contributed by atoms with Crippen molar-refractivity contribution in [2.45, 2.75) is 32.1 Å². The SMILES string of the molecule is Cc1ccc(NC(=O)C2CCc3c(Cl)cccc32)cc1NC(=O)CCN(C)C. The van der Waals surface area contributed by atoms with E-state index in [1.54, 1.807) is 0 Å². The van der Waals surface area contributed by atoms with Gasteiger partial charge in [-0.15, -0.1) is 0 Å². The van der Waals surface area contributed by atoms with Crippen LogP contribution in [0, 0.1) is 6.92 Å². The summed E-state index contributed by atoms with van der Waals surface area (Å²) in [6.07, 6.45) is 1.99. The average Bonchev–Trinajstić information content (AvgIpc) is 3.08. The highest BCUT2D eigenvalue weighted by atomic mass is 35.5. The molecule has 0 aliphatic heterocycles. The van der Waals surface area contributed by atoms with Crippen molar-refractivity contribution in [1.29, 1.82) is 0 Å². The molecule has 148 valence electrons. The Morgan fingerprint density at radius 3 is 2.71 bits per heavy atom. The summed E-state index contributed by atoms with van der Waals surface area (Å²) in [7, 11) is 3.87. The summed E-state index contributed by atoms with van der Waals surface area (Å²) < 4.78 is 0. The van der Waals surface area contributed by atoms with E-state index in [0.29, 0.717) is 18.7 Å². The van der Waals surface area contributed by atoms with Gasteiger partial charge < -0.3 is 15.5 Å². The van der Waals surface area contributed by atoms with Gasteiger partial charge in [0.25, 0.3) is 0 Å². The second-order valence-corrected chi connectivity index (χ2v) is 7.93. The Hall–Kier alpha value is -2.37. The molecule has 0 radical (unpaired) electrons. The lowest BCUT2D eigenvalue weighted by Gasteiger charge is -2.15. The molecule has 0 spiro atoms. The van der Waals surface area contributed by atoms with Crippen LogP contribution in [0.4, 0.5) is 11.4 Å². The topological polar surface area (TPSA) is 61.4 Å². The third-order valence-electron chi connectivity index (χ3n) is 5.10. The van der Waals surface area contributed by atoms with Crippen molar-refractivity contribution in [3.8, 4) is 0 Å². The Labute approximate surface area is 171 Å². The first-order valence-electron chi connectivity index (χ1n) is 9.48. The summed E-state index contributed by atoms with van der Waals surface area (Å²) in [6.45, 7) is 2.62. The molecule has 1 unspecified atom stereocenters. The molecule has 2 amide bonds. The van der Waals surface area contributed by atoms with E-state index in [1.165, 1.54) is 0 Å². The first-order chi connectivity index (χ1) is 13.3. The minimum Gasteiger partial charge on any atom is -0.326 e. The lowest BCUT2D eigenvalue weighted by Crippen LogP contribution is -2.21. The van der Waals surface area contributed by atoms with Crippen molar-refractivity contribution in [3.63, 3.8) is 0 Å². The Kier molecular flexibility index (Phi) is 6.37. The molecule has 0 bridgehead atoms. The summed E-state index contributed by atoms with van der Waals surface area (Å²) in [5.41, 5.74) is 4.43. The fourth-order valence-electron chi connectivity index (χ4n) is 3.48. The molecule has 2 N–H and O–H groups in total. The quantitative estimate of drug-likeness (QED) is 0.764. The van der Waals surface area contributed by atoms with Crippen LogP contribution in [0.5, 0.6) is 0 Å². The molecule has 0 saturated heterocycles. The monoisotopic (exact) mass is 399 g/mol. The average molecular weight is 400 g/mol. The molecule has 2 aromatic carbocycles. The Morgan fingerprint density at radius 1 is 1.18 bits per heavy atom. The van der Waals surface area contributed by atoms with Crippen molar-refractivity contribution in [2.24, 2.45) is 0 Å². The summed E-state index contributed by atoms with van der Waals surface area (Å²) in [6, 6.07) is 11.3. The highest BCUT2D eigenvalue weighted by Crippen LogP contribution is 2.37. The summed E-state index contributed by atoms with van der Waals surface area (Å²) >= 11 is 6.26. The largest absolute Gasteiger partial charge is 0.326 e. The van der Waals surface area contributed by atoms with Gasteiger partial charge in [-0.3, -0.25) is 9.59 Å². The zero-order valence-electron chi connectivity index (χ0n) is 16.5. The second kappa shape index (κ2) is 8.76. The zero-order valence-corrected chi connectivity index (χ0v) is 17.3. The molecule has 1 aliphatic rings. The van der Waals surface area contributed by atoms with Gasteiger partial charge in [0, 0.05) is 29.4 Å². The van der Waals surface area contributed by atoms with E-state index in [9.17, 15) is 9.59 Å². The van der Waals surface area contributed by atoms with Gasteiger partial charge >= 0.3 is 0 Å². The normalized spacial score (nSPS) is 15.4. The Bertz CT molecular complexity index is 895. The van der Waals surface area contributed by atoms with Crippen LogP contribution in [0.1, 0.15) is 35.4 Å². The highest BCUT2D eigenvalue weighted by Gasteiger charge is 2.29. The summed E-state index contributed by atoms with van der Waals surface area (Å²) in [5.74, 6) is -0.289. The van der Waals surface area contributed by atoms with Crippen molar-refractivity contribution in [3.05, 3.63) is 58.1 Å². The first-order valence-corrected chi connectivity index (χ1v) is 9.86. The number of carbonyl (C=O) groups is 2. The molecule has 1 aliphatic carbocycles. The Balaban J connectivity index is 1.69. The maximum absolute atomic E-state index is 12.8. The molecule has 2 aromatic rings. The van der Waals surface area contributed by atoms with Crippen LogP contribution in [0.25, 0.3) is 0 Å². The summed E-state index contributed by atoms with van der Waals surface area (Å²) in [4.78, 5) is 26.9. The molecule has 3 rings (SSSR count). The van der Waals surface area contributed by atoms with Crippen molar-refractivity contribution in [1.82, 2.24) is 4.90 Å². The number of nitrogens with zero attached hydrogens (tertiary/aromatic N) is 1. The smallest absolute Gasteiger partial charge is 0.231 e. The Morgan fingerprint density at radius 2 is 1.96 bits per heavy atom. The maximum Gasteiger partial charge on any atom is 0.231 e. The molecule has 0 saturated carbocycles.